The van der Waals surface area contributed by atoms with Gasteiger partial charge in [0.2, 0.25) is 0 Å². The van der Waals surface area contributed by atoms with E-state index in [1.807, 2.05) is 47.4 Å². The fourth-order valence-corrected chi connectivity index (χ4v) is 4.07. The van der Waals surface area contributed by atoms with Crippen LogP contribution in [0.3, 0.4) is 0 Å². The number of anilines is 2. The highest BCUT2D eigenvalue weighted by Gasteiger charge is 2.26. The van der Waals surface area contributed by atoms with Gasteiger partial charge in [0, 0.05) is 48.7 Å². The van der Waals surface area contributed by atoms with Crippen molar-refractivity contribution >= 4 is 28.4 Å². The largest absolute Gasteiger partial charge is 0.339 e. The lowest BCUT2D eigenvalue weighted by Crippen LogP contribution is -2.38. The molecule has 3 aromatic heterocycles. The maximum atomic E-state index is 13.2. The smallest absolute Gasteiger partial charge is 0.256 e. The molecule has 4 heterocycles. The van der Waals surface area contributed by atoms with Gasteiger partial charge in [0.25, 0.3) is 5.91 Å². The molecule has 0 bridgehead atoms. The molecule has 1 fully saturated rings. The third-order valence-corrected chi connectivity index (χ3v) is 5.65. The van der Waals surface area contributed by atoms with Crippen molar-refractivity contribution < 1.29 is 4.79 Å². The molecule has 0 aliphatic carbocycles. The second-order valence-electron chi connectivity index (χ2n) is 7.61. The van der Waals surface area contributed by atoms with Gasteiger partial charge in [0.15, 0.2) is 0 Å². The zero-order valence-electron chi connectivity index (χ0n) is 17.0. The summed E-state index contributed by atoms with van der Waals surface area (Å²) in [6.45, 7) is 1.41. The van der Waals surface area contributed by atoms with Crippen LogP contribution < -0.4 is 5.32 Å². The first kappa shape index (κ1) is 19.1. The number of amides is 1. The van der Waals surface area contributed by atoms with Crippen LogP contribution in [0.4, 0.5) is 11.6 Å². The van der Waals surface area contributed by atoms with Crippen LogP contribution in [-0.2, 0) is 0 Å². The van der Waals surface area contributed by atoms with Crippen LogP contribution in [0, 0.1) is 0 Å². The molecule has 1 aliphatic rings. The minimum absolute atomic E-state index is 0.0498. The Kier molecular flexibility index (Phi) is 5.22. The Balaban J connectivity index is 1.27. The van der Waals surface area contributed by atoms with Crippen molar-refractivity contribution in [3.8, 4) is 0 Å². The number of nitrogens with zero attached hydrogens (tertiary/aromatic N) is 5. The van der Waals surface area contributed by atoms with Gasteiger partial charge in [0.1, 0.15) is 11.6 Å². The molecule has 7 heteroatoms. The summed E-state index contributed by atoms with van der Waals surface area (Å²) in [7, 11) is 0. The molecule has 5 rings (SSSR count). The number of fused-ring (bicyclic) bond motifs is 1. The molecule has 0 radical (unpaired) electrons. The molecule has 7 nitrogen and oxygen atoms in total. The van der Waals surface area contributed by atoms with E-state index >= 15 is 0 Å². The number of piperidine rings is 1. The first-order valence-corrected chi connectivity index (χ1v) is 10.4. The molecule has 1 aliphatic heterocycles. The van der Waals surface area contributed by atoms with E-state index in [2.05, 4.69) is 26.3 Å². The normalized spacial score (nSPS) is 14.5. The Morgan fingerprint density at radius 1 is 0.903 bits per heavy atom. The SMILES string of the molecule is O=C(c1cccc2cccnc12)N1CCC(c2cccc(Nc3cnccn3)n2)CC1. The molecule has 0 spiro atoms. The maximum absolute atomic E-state index is 13.2. The lowest BCUT2D eigenvalue weighted by Gasteiger charge is -2.32. The van der Waals surface area contributed by atoms with E-state index in [9.17, 15) is 4.79 Å². The van der Waals surface area contributed by atoms with Crippen molar-refractivity contribution in [1.82, 2.24) is 24.8 Å². The lowest BCUT2D eigenvalue weighted by molar-refractivity contribution is 0.0714. The van der Waals surface area contributed by atoms with Crippen LogP contribution in [-0.4, -0.2) is 43.8 Å². The van der Waals surface area contributed by atoms with Crippen molar-refractivity contribution in [3.05, 3.63) is 84.6 Å². The van der Waals surface area contributed by atoms with E-state index in [1.54, 1.807) is 24.8 Å². The van der Waals surface area contributed by atoms with E-state index < -0.39 is 0 Å². The predicted octanol–water partition coefficient (Wildman–Crippen LogP) is 4.18. The molecule has 0 saturated carbocycles. The Hall–Kier alpha value is -3.87. The minimum Gasteiger partial charge on any atom is -0.339 e. The second-order valence-corrected chi connectivity index (χ2v) is 7.61. The fourth-order valence-electron chi connectivity index (χ4n) is 4.07. The molecule has 0 unspecified atom stereocenters. The number of nitrogens with one attached hydrogen (secondary N) is 1. The number of aromatic nitrogens is 4. The summed E-state index contributed by atoms with van der Waals surface area (Å²) in [4.78, 5) is 32.6. The number of benzene rings is 1. The molecule has 4 aromatic rings. The number of hydrogen-bond acceptors (Lipinski definition) is 6. The third-order valence-electron chi connectivity index (χ3n) is 5.65. The van der Waals surface area contributed by atoms with Crippen LogP contribution in [0.2, 0.25) is 0 Å². The number of pyridine rings is 2. The van der Waals surface area contributed by atoms with Gasteiger partial charge in [0.05, 0.1) is 17.3 Å². The highest BCUT2D eigenvalue weighted by atomic mass is 16.2. The van der Waals surface area contributed by atoms with E-state index in [4.69, 9.17) is 4.98 Å². The van der Waals surface area contributed by atoms with Crippen LogP contribution >= 0.6 is 0 Å². The van der Waals surface area contributed by atoms with Gasteiger partial charge >= 0.3 is 0 Å². The number of likely N-dealkylation sites (tertiary alicyclic amines) is 1. The number of carbonyl (C=O) groups is 1. The molecule has 0 atom stereocenters. The molecule has 154 valence electrons. The first-order chi connectivity index (χ1) is 15.3. The van der Waals surface area contributed by atoms with Crippen LogP contribution in [0.15, 0.2) is 73.3 Å². The van der Waals surface area contributed by atoms with Crippen molar-refractivity contribution in [1.29, 1.82) is 0 Å². The van der Waals surface area contributed by atoms with Crippen molar-refractivity contribution in [3.63, 3.8) is 0 Å². The minimum atomic E-state index is 0.0498. The molecular weight excluding hydrogens is 388 g/mol. The second kappa shape index (κ2) is 8.47. The van der Waals surface area contributed by atoms with Crippen molar-refractivity contribution in [2.45, 2.75) is 18.8 Å². The van der Waals surface area contributed by atoms with E-state index in [0.717, 1.165) is 35.3 Å². The Bertz CT molecular complexity index is 1200. The summed E-state index contributed by atoms with van der Waals surface area (Å²) in [6.07, 6.45) is 8.44. The van der Waals surface area contributed by atoms with Gasteiger partial charge in [-0.2, -0.15) is 0 Å². The highest BCUT2D eigenvalue weighted by molar-refractivity contribution is 6.05. The van der Waals surface area contributed by atoms with Gasteiger partial charge < -0.3 is 10.2 Å². The standard InChI is InChI=1S/C24H22N6O/c31-24(19-6-1-4-18-5-3-11-27-23(18)19)30-14-9-17(10-15-30)20-7-2-8-21(28-20)29-22-16-25-12-13-26-22/h1-8,11-13,16-17H,9-10,14-15H2,(H,26,28,29). The number of rotatable bonds is 4. The molecule has 1 amide bonds. The zero-order chi connectivity index (χ0) is 21.0. The summed E-state index contributed by atoms with van der Waals surface area (Å²) in [6, 6.07) is 15.6. The van der Waals surface area contributed by atoms with Gasteiger partial charge in [-0.1, -0.05) is 24.3 Å². The monoisotopic (exact) mass is 410 g/mol. The van der Waals surface area contributed by atoms with E-state index in [-0.39, 0.29) is 5.91 Å². The molecule has 1 aromatic carbocycles. The number of carbonyl (C=O) groups excluding carboxylic acids is 1. The van der Waals surface area contributed by atoms with Crippen molar-refractivity contribution in [2.75, 3.05) is 18.4 Å². The van der Waals surface area contributed by atoms with Gasteiger partial charge in [-0.15, -0.1) is 0 Å². The Labute approximate surface area is 180 Å². The van der Waals surface area contributed by atoms with Gasteiger partial charge in [-0.3, -0.25) is 14.8 Å². The summed E-state index contributed by atoms with van der Waals surface area (Å²) in [5.41, 5.74) is 2.47. The Morgan fingerprint density at radius 2 is 1.74 bits per heavy atom. The molecule has 31 heavy (non-hydrogen) atoms. The summed E-state index contributed by atoms with van der Waals surface area (Å²) >= 11 is 0. The number of para-hydroxylation sites is 1. The lowest BCUT2D eigenvalue weighted by atomic mass is 9.92. The zero-order valence-corrected chi connectivity index (χ0v) is 17.0. The Morgan fingerprint density at radius 3 is 2.58 bits per heavy atom. The predicted molar refractivity (Wildman–Crippen MR) is 119 cm³/mol. The van der Waals surface area contributed by atoms with Gasteiger partial charge in [-0.25, -0.2) is 9.97 Å². The highest BCUT2D eigenvalue weighted by Crippen LogP contribution is 2.29. The van der Waals surface area contributed by atoms with Crippen LogP contribution in [0.1, 0.15) is 34.8 Å². The van der Waals surface area contributed by atoms with E-state index in [0.29, 0.717) is 30.4 Å². The van der Waals surface area contributed by atoms with Crippen LogP contribution in [0.5, 0.6) is 0 Å². The maximum Gasteiger partial charge on any atom is 0.256 e. The quantitative estimate of drug-likeness (QED) is 0.543. The average molecular weight is 410 g/mol. The summed E-state index contributed by atoms with van der Waals surface area (Å²) in [5, 5.41) is 4.18. The molecule has 1 saturated heterocycles. The fraction of sp³-hybridized carbons (Fsp3) is 0.208. The topological polar surface area (TPSA) is 83.9 Å². The summed E-state index contributed by atoms with van der Waals surface area (Å²) in [5.74, 6) is 1.78. The molecular formula is C24H22N6O. The first-order valence-electron chi connectivity index (χ1n) is 10.4. The average Bonchev–Trinajstić information content (AvgIpc) is 2.84. The third kappa shape index (κ3) is 4.07. The van der Waals surface area contributed by atoms with Gasteiger partial charge in [-0.05, 0) is 37.1 Å². The summed E-state index contributed by atoms with van der Waals surface area (Å²) < 4.78 is 0. The van der Waals surface area contributed by atoms with Crippen LogP contribution in [0.25, 0.3) is 10.9 Å². The molecule has 1 N–H and O–H groups in total. The van der Waals surface area contributed by atoms with Crippen molar-refractivity contribution in [2.24, 2.45) is 0 Å². The van der Waals surface area contributed by atoms with E-state index in [1.165, 1.54) is 0 Å². The number of hydrogen-bond donors (Lipinski definition) is 1.